The van der Waals surface area contributed by atoms with Gasteiger partial charge >= 0.3 is 0 Å². The summed E-state index contributed by atoms with van der Waals surface area (Å²) >= 11 is 3.37. The Balaban J connectivity index is 1.67. The molecule has 0 spiro atoms. The maximum Gasteiger partial charge on any atom is 0.274 e. The van der Waals surface area contributed by atoms with E-state index in [4.69, 9.17) is 4.74 Å². The second-order valence-electron chi connectivity index (χ2n) is 5.70. The number of rotatable bonds is 5. The number of anilines is 2. The minimum Gasteiger partial charge on any atom is -0.376 e. The van der Waals surface area contributed by atoms with Gasteiger partial charge in [0, 0.05) is 29.0 Å². The fourth-order valence-electron chi connectivity index (χ4n) is 2.50. The van der Waals surface area contributed by atoms with Crippen molar-refractivity contribution in [1.29, 1.82) is 0 Å². The van der Waals surface area contributed by atoms with Gasteiger partial charge in [-0.15, -0.1) is 0 Å². The van der Waals surface area contributed by atoms with Gasteiger partial charge in [0.05, 0.1) is 6.10 Å². The van der Waals surface area contributed by atoms with Crippen molar-refractivity contribution in [1.82, 2.24) is 9.97 Å². The van der Waals surface area contributed by atoms with E-state index in [2.05, 4.69) is 36.5 Å². The third kappa shape index (κ3) is 4.52. The van der Waals surface area contributed by atoms with Gasteiger partial charge in [-0.2, -0.15) is 0 Å². The van der Waals surface area contributed by atoms with Crippen molar-refractivity contribution in [3.8, 4) is 0 Å². The van der Waals surface area contributed by atoms with Crippen LogP contribution >= 0.6 is 15.9 Å². The standard InChI is InChI=1S/C17H19BrN4O2/c1-11-9-15(16(23)21-13-6-4-12(18)5-7-13)22-17(20-11)19-10-14-3-2-8-24-14/h4-7,9,14H,2-3,8,10H2,1H3,(H,21,23)(H,19,20,22). The summed E-state index contributed by atoms with van der Waals surface area (Å²) in [6.45, 7) is 3.30. The number of hydrogen-bond acceptors (Lipinski definition) is 5. The molecule has 0 aliphatic carbocycles. The van der Waals surface area contributed by atoms with Gasteiger partial charge in [-0.05, 0) is 50.1 Å². The van der Waals surface area contributed by atoms with Crippen molar-refractivity contribution < 1.29 is 9.53 Å². The smallest absolute Gasteiger partial charge is 0.274 e. The Morgan fingerprint density at radius 2 is 2.12 bits per heavy atom. The second kappa shape index (κ2) is 7.72. The highest BCUT2D eigenvalue weighted by molar-refractivity contribution is 9.10. The minimum absolute atomic E-state index is 0.189. The summed E-state index contributed by atoms with van der Waals surface area (Å²) in [6, 6.07) is 9.07. The molecule has 1 saturated heterocycles. The van der Waals surface area contributed by atoms with Crippen molar-refractivity contribution in [2.45, 2.75) is 25.9 Å². The largest absolute Gasteiger partial charge is 0.376 e. The molecule has 24 heavy (non-hydrogen) atoms. The molecule has 0 radical (unpaired) electrons. The van der Waals surface area contributed by atoms with E-state index in [0.29, 0.717) is 23.9 Å². The van der Waals surface area contributed by atoms with Crippen LogP contribution < -0.4 is 10.6 Å². The molecular weight excluding hydrogens is 372 g/mol. The Labute approximate surface area is 149 Å². The molecule has 126 valence electrons. The minimum atomic E-state index is -0.261. The Morgan fingerprint density at radius 1 is 1.33 bits per heavy atom. The van der Waals surface area contributed by atoms with Crippen LogP contribution in [0.1, 0.15) is 29.0 Å². The lowest BCUT2D eigenvalue weighted by Crippen LogP contribution is -2.21. The number of ether oxygens (including phenoxy) is 1. The molecule has 7 heteroatoms. The molecule has 0 saturated carbocycles. The number of amides is 1. The van der Waals surface area contributed by atoms with Crippen LogP contribution in [-0.2, 0) is 4.74 Å². The normalized spacial score (nSPS) is 16.8. The van der Waals surface area contributed by atoms with E-state index in [-0.39, 0.29) is 12.0 Å². The van der Waals surface area contributed by atoms with Crippen LogP contribution in [0.2, 0.25) is 0 Å². The fraction of sp³-hybridized carbons (Fsp3) is 0.353. The molecule has 1 aromatic carbocycles. The molecule has 1 aliphatic heterocycles. The first-order chi connectivity index (χ1) is 11.6. The highest BCUT2D eigenvalue weighted by Gasteiger charge is 2.16. The van der Waals surface area contributed by atoms with Crippen molar-refractivity contribution >= 4 is 33.5 Å². The fourth-order valence-corrected chi connectivity index (χ4v) is 2.77. The molecule has 1 atom stereocenters. The topological polar surface area (TPSA) is 76.1 Å². The van der Waals surface area contributed by atoms with Crippen molar-refractivity contribution in [2.75, 3.05) is 23.8 Å². The summed E-state index contributed by atoms with van der Waals surface area (Å²) in [7, 11) is 0. The third-order valence-electron chi connectivity index (χ3n) is 3.70. The summed E-state index contributed by atoms with van der Waals surface area (Å²) in [6.07, 6.45) is 2.31. The Hall–Kier alpha value is -1.99. The van der Waals surface area contributed by atoms with Crippen LogP contribution in [0.15, 0.2) is 34.8 Å². The molecule has 2 heterocycles. The van der Waals surface area contributed by atoms with Gasteiger partial charge in [-0.25, -0.2) is 9.97 Å². The molecule has 2 N–H and O–H groups in total. The van der Waals surface area contributed by atoms with Gasteiger partial charge in [0.15, 0.2) is 0 Å². The number of aromatic nitrogens is 2. The molecule has 0 bridgehead atoms. The van der Waals surface area contributed by atoms with Crippen molar-refractivity contribution in [3.63, 3.8) is 0 Å². The highest BCUT2D eigenvalue weighted by atomic mass is 79.9. The van der Waals surface area contributed by atoms with E-state index >= 15 is 0 Å². The molecule has 1 fully saturated rings. The molecular formula is C17H19BrN4O2. The second-order valence-corrected chi connectivity index (χ2v) is 6.61. The average Bonchev–Trinajstić information content (AvgIpc) is 3.08. The van der Waals surface area contributed by atoms with Crippen LogP contribution in [-0.4, -0.2) is 35.1 Å². The van der Waals surface area contributed by atoms with Crippen LogP contribution in [0.4, 0.5) is 11.6 Å². The first-order valence-electron chi connectivity index (χ1n) is 7.88. The van der Waals surface area contributed by atoms with Gasteiger partial charge in [0.1, 0.15) is 5.69 Å². The molecule has 1 unspecified atom stereocenters. The van der Waals surface area contributed by atoms with Gasteiger partial charge in [-0.3, -0.25) is 4.79 Å². The lowest BCUT2D eigenvalue weighted by Gasteiger charge is -2.12. The SMILES string of the molecule is Cc1cc(C(=O)Nc2ccc(Br)cc2)nc(NCC2CCCO2)n1. The van der Waals surface area contributed by atoms with Gasteiger partial charge in [0.2, 0.25) is 5.95 Å². The van der Waals surface area contributed by atoms with Gasteiger partial charge < -0.3 is 15.4 Å². The number of nitrogens with zero attached hydrogens (tertiary/aromatic N) is 2. The molecule has 2 aromatic rings. The maximum absolute atomic E-state index is 12.4. The monoisotopic (exact) mass is 390 g/mol. The summed E-state index contributed by atoms with van der Waals surface area (Å²) < 4.78 is 6.53. The van der Waals surface area contributed by atoms with E-state index in [0.717, 1.165) is 29.6 Å². The molecule has 1 aliphatic rings. The summed E-state index contributed by atoms with van der Waals surface area (Å²) in [5.74, 6) is 0.189. The number of carbonyl (C=O) groups excluding carboxylic acids is 1. The number of hydrogen-bond donors (Lipinski definition) is 2. The van der Waals surface area contributed by atoms with E-state index in [1.54, 1.807) is 6.07 Å². The number of aryl methyl sites for hydroxylation is 1. The number of nitrogens with one attached hydrogen (secondary N) is 2. The van der Waals surface area contributed by atoms with Crippen LogP contribution in [0.3, 0.4) is 0 Å². The number of halogens is 1. The Morgan fingerprint density at radius 3 is 2.83 bits per heavy atom. The van der Waals surface area contributed by atoms with Gasteiger partial charge in [-0.1, -0.05) is 15.9 Å². The lowest BCUT2D eigenvalue weighted by molar-refractivity contribution is 0.102. The highest BCUT2D eigenvalue weighted by Crippen LogP contribution is 2.16. The average molecular weight is 391 g/mol. The predicted molar refractivity (Wildman–Crippen MR) is 96.3 cm³/mol. The molecule has 1 amide bonds. The number of benzene rings is 1. The molecule has 6 nitrogen and oxygen atoms in total. The van der Waals surface area contributed by atoms with Crippen molar-refractivity contribution in [2.24, 2.45) is 0 Å². The maximum atomic E-state index is 12.4. The Kier molecular flexibility index (Phi) is 5.42. The summed E-state index contributed by atoms with van der Waals surface area (Å²) in [4.78, 5) is 21.0. The lowest BCUT2D eigenvalue weighted by atomic mass is 10.2. The first kappa shape index (κ1) is 16.9. The quantitative estimate of drug-likeness (QED) is 0.817. The zero-order chi connectivity index (χ0) is 16.9. The zero-order valence-corrected chi connectivity index (χ0v) is 15.0. The van der Waals surface area contributed by atoms with Crippen molar-refractivity contribution in [3.05, 3.63) is 46.2 Å². The number of carbonyl (C=O) groups is 1. The van der Waals surface area contributed by atoms with Crippen LogP contribution in [0, 0.1) is 6.92 Å². The van der Waals surface area contributed by atoms with Crippen LogP contribution in [0.5, 0.6) is 0 Å². The van der Waals surface area contributed by atoms with E-state index < -0.39 is 0 Å². The van der Waals surface area contributed by atoms with Crippen LogP contribution in [0.25, 0.3) is 0 Å². The summed E-state index contributed by atoms with van der Waals surface area (Å²) in [5, 5.41) is 6.00. The first-order valence-corrected chi connectivity index (χ1v) is 8.67. The Bertz CT molecular complexity index is 715. The van der Waals surface area contributed by atoms with E-state index in [1.807, 2.05) is 31.2 Å². The molecule has 1 aromatic heterocycles. The third-order valence-corrected chi connectivity index (χ3v) is 4.23. The summed E-state index contributed by atoms with van der Waals surface area (Å²) in [5.41, 5.74) is 1.79. The van der Waals surface area contributed by atoms with Gasteiger partial charge in [0.25, 0.3) is 5.91 Å². The predicted octanol–water partition coefficient (Wildman–Crippen LogP) is 3.39. The zero-order valence-electron chi connectivity index (χ0n) is 13.4. The van der Waals surface area contributed by atoms with E-state index in [1.165, 1.54) is 0 Å². The van der Waals surface area contributed by atoms with E-state index in [9.17, 15) is 4.79 Å². The molecule has 3 rings (SSSR count).